The number of amides is 1. The van der Waals surface area contributed by atoms with E-state index in [2.05, 4.69) is 0 Å². The zero-order valence-electron chi connectivity index (χ0n) is 9.66. The molecule has 0 aliphatic carbocycles. The maximum absolute atomic E-state index is 11.7. The molecule has 0 N–H and O–H groups in total. The van der Waals surface area contributed by atoms with Crippen molar-refractivity contribution in [2.24, 2.45) is 0 Å². The van der Waals surface area contributed by atoms with Gasteiger partial charge in [0.25, 0.3) is 0 Å². The molecule has 0 heterocycles. The molecule has 1 aromatic carbocycles. The summed E-state index contributed by atoms with van der Waals surface area (Å²) in [6, 6.07) is 7.18. The number of halogens is 2. The number of hydrogen-bond donors (Lipinski definition) is 0. The van der Waals surface area contributed by atoms with Crippen LogP contribution in [0.5, 0.6) is 0 Å². The molecule has 0 aromatic heterocycles. The number of rotatable bonds is 6. The summed E-state index contributed by atoms with van der Waals surface area (Å²) in [6.07, 6.45) is 0. The lowest BCUT2D eigenvalue weighted by atomic mass is 10.3. The number of benzene rings is 1. The molecule has 1 rings (SSSR count). The maximum atomic E-state index is 11.7. The lowest BCUT2D eigenvalue weighted by molar-refractivity contribution is -0.116. The number of ether oxygens (including phenoxy) is 1. The van der Waals surface area contributed by atoms with Gasteiger partial charge in [0.2, 0.25) is 5.91 Å². The Hall–Kier alpha value is -0.770. The Labute approximate surface area is 111 Å². The monoisotopic (exact) mass is 275 g/mol. The van der Waals surface area contributed by atoms with Crippen molar-refractivity contribution >= 4 is 34.8 Å². The highest BCUT2D eigenvalue weighted by atomic mass is 35.5. The Balaban J connectivity index is 2.82. The average Bonchev–Trinajstić information content (AvgIpc) is 2.35. The number of alkyl halides is 1. The van der Waals surface area contributed by atoms with Crippen LogP contribution in [0.25, 0.3) is 0 Å². The molecule has 3 nitrogen and oxygen atoms in total. The fourth-order valence-electron chi connectivity index (χ4n) is 1.42. The van der Waals surface area contributed by atoms with Crippen molar-refractivity contribution < 1.29 is 9.53 Å². The van der Waals surface area contributed by atoms with E-state index < -0.39 is 0 Å². The van der Waals surface area contributed by atoms with Crippen LogP contribution in [0.15, 0.2) is 24.3 Å². The highest BCUT2D eigenvalue weighted by Crippen LogP contribution is 2.25. The summed E-state index contributed by atoms with van der Waals surface area (Å²) >= 11 is 11.6. The third-order valence-corrected chi connectivity index (χ3v) is 2.77. The Bertz CT molecular complexity index is 371. The van der Waals surface area contributed by atoms with Gasteiger partial charge in [-0.3, -0.25) is 4.79 Å². The third-order valence-electron chi connectivity index (χ3n) is 2.22. The third kappa shape index (κ3) is 4.19. The van der Waals surface area contributed by atoms with E-state index in [1.165, 1.54) is 0 Å². The van der Waals surface area contributed by atoms with Gasteiger partial charge in [0.1, 0.15) is 5.88 Å². The molecule has 0 aliphatic heterocycles. The van der Waals surface area contributed by atoms with Crippen molar-refractivity contribution in [3.05, 3.63) is 29.3 Å². The molecule has 0 fully saturated rings. The number of carbonyl (C=O) groups is 1. The van der Waals surface area contributed by atoms with E-state index in [0.29, 0.717) is 30.5 Å². The average molecular weight is 276 g/mol. The van der Waals surface area contributed by atoms with E-state index in [9.17, 15) is 4.79 Å². The molecular weight excluding hydrogens is 261 g/mol. The lowest BCUT2D eigenvalue weighted by Crippen LogP contribution is -2.35. The minimum atomic E-state index is -0.181. The van der Waals surface area contributed by atoms with Crippen LogP contribution in [0.4, 0.5) is 5.69 Å². The van der Waals surface area contributed by atoms with Crippen molar-refractivity contribution in [2.75, 3.05) is 30.5 Å². The summed E-state index contributed by atoms with van der Waals surface area (Å²) in [4.78, 5) is 13.3. The molecular formula is C12H15Cl2NO2. The van der Waals surface area contributed by atoms with E-state index >= 15 is 0 Å². The minimum absolute atomic E-state index is 0.0721. The molecule has 0 saturated heterocycles. The first kappa shape index (κ1) is 14.3. The molecule has 0 spiro atoms. The van der Waals surface area contributed by atoms with E-state index in [1.54, 1.807) is 17.0 Å². The molecule has 0 bridgehead atoms. The van der Waals surface area contributed by atoms with Gasteiger partial charge in [-0.05, 0) is 19.1 Å². The van der Waals surface area contributed by atoms with Gasteiger partial charge >= 0.3 is 0 Å². The summed E-state index contributed by atoms with van der Waals surface area (Å²) in [5.41, 5.74) is 0.666. The second kappa shape index (κ2) is 7.54. The van der Waals surface area contributed by atoms with Gasteiger partial charge < -0.3 is 9.64 Å². The second-order valence-corrected chi connectivity index (χ2v) is 4.00. The first-order valence-electron chi connectivity index (χ1n) is 5.39. The summed E-state index contributed by atoms with van der Waals surface area (Å²) < 4.78 is 5.24. The van der Waals surface area contributed by atoms with Crippen LogP contribution in [0.1, 0.15) is 6.92 Å². The van der Waals surface area contributed by atoms with Crippen LogP contribution in [-0.4, -0.2) is 31.5 Å². The highest BCUT2D eigenvalue weighted by molar-refractivity contribution is 6.35. The van der Waals surface area contributed by atoms with Gasteiger partial charge in [-0.15, -0.1) is 11.6 Å². The quantitative estimate of drug-likeness (QED) is 0.590. The molecule has 0 aliphatic rings. The van der Waals surface area contributed by atoms with Gasteiger partial charge in [-0.25, -0.2) is 0 Å². The molecule has 0 saturated carbocycles. The molecule has 0 atom stereocenters. The first-order valence-corrected chi connectivity index (χ1v) is 6.30. The minimum Gasteiger partial charge on any atom is -0.380 e. The molecule has 1 aromatic rings. The highest BCUT2D eigenvalue weighted by Gasteiger charge is 2.16. The molecule has 1 amide bonds. The van der Waals surface area contributed by atoms with Gasteiger partial charge in [-0.2, -0.15) is 0 Å². The van der Waals surface area contributed by atoms with E-state index in [1.807, 2.05) is 19.1 Å². The summed E-state index contributed by atoms with van der Waals surface area (Å²) in [7, 11) is 0. The number of para-hydroxylation sites is 1. The summed E-state index contributed by atoms with van der Waals surface area (Å²) in [5, 5.41) is 0.530. The Morgan fingerprint density at radius 3 is 2.71 bits per heavy atom. The van der Waals surface area contributed by atoms with Crippen molar-refractivity contribution in [3.63, 3.8) is 0 Å². The molecule has 5 heteroatoms. The zero-order chi connectivity index (χ0) is 12.7. The second-order valence-electron chi connectivity index (χ2n) is 3.33. The normalized spacial score (nSPS) is 10.3. The van der Waals surface area contributed by atoms with Crippen LogP contribution < -0.4 is 4.90 Å². The van der Waals surface area contributed by atoms with Crippen molar-refractivity contribution in [1.82, 2.24) is 0 Å². The molecule has 17 heavy (non-hydrogen) atoms. The van der Waals surface area contributed by atoms with E-state index in [-0.39, 0.29) is 11.8 Å². The SMILES string of the molecule is CCOCCN(C(=O)CCl)c1ccccc1Cl. The zero-order valence-corrected chi connectivity index (χ0v) is 11.2. The number of nitrogens with zero attached hydrogens (tertiary/aromatic N) is 1. The Kier molecular flexibility index (Phi) is 6.34. The standard InChI is InChI=1S/C12H15Cl2NO2/c1-2-17-8-7-15(12(16)9-13)11-6-4-3-5-10(11)14/h3-6H,2,7-9H2,1H3. The topological polar surface area (TPSA) is 29.5 Å². The molecule has 0 radical (unpaired) electrons. The van der Waals surface area contributed by atoms with Crippen LogP contribution in [0.3, 0.4) is 0 Å². The van der Waals surface area contributed by atoms with Gasteiger partial charge in [-0.1, -0.05) is 23.7 Å². The van der Waals surface area contributed by atoms with Crippen LogP contribution in [0, 0.1) is 0 Å². The van der Waals surface area contributed by atoms with Crippen LogP contribution in [-0.2, 0) is 9.53 Å². The van der Waals surface area contributed by atoms with Gasteiger partial charge in [0.05, 0.1) is 17.3 Å². The molecule has 94 valence electrons. The smallest absolute Gasteiger partial charge is 0.242 e. The predicted molar refractivity (Wildman–Crippen MR) is 71.0 cm³/mol. The van der Waals surface area contributed by atoms with Crippen molar-refractivity contribution in [2.45, 2.75) is 6.92 Å². The van der Waals surface area contributed by atoms with E-state index in [0.717, 1.165) is 0 Å². The predicted octanol–water partition coefficient (Wildman–Crippen LogP) is 2.95. The Morgan fingerprint density at radius 2 is 2.12 bits per heavy atom. The van der Waals surface area contributed by atoms with Crippen LogP contribution >= 0.6 is 23.2 Å². The van der Waals surface area contributed by atoms with E-state index in [4.69, 9.17) is 27.9 Å². The first-order chi connectivity index (χ1) is 8.20. The Morgan fingerprint density at radius 1 is 1.41 bits per heavy atom. The van der Waals surface area contributed by atoms with Crippen molar-refractivity contribution in [3.8, 4) is 0 Å². The number of anilines is 1. The van der Waals surface area contributed by atoms with Gasteiger partial charge in [0.15, 0.2) is 0 Å². The molecule has 0 unspecified atom stereocenters. The lowest BCUT2D eigenvalue weighted by Gasteiger charge is -2.22. The largest absolute Gasteiger partial charge is 0.380 e. The maximum Gasteiger partial charge on any atom is 0.242 e. The summed E-state index contributed by atoms with van der Waals surface area (Å²) in [6.45, 7) is 3.43. The number of carbonyl (C=O) groups excluding carboxylic acids is 1. The fourth-order valence-corrected chi connectivity index (χ4v) is 1.80. The fraction of sp³-hybridized carbons (Fsp3) is 0.417. The van der Waals surface area contributed by atoms with Crippen molar-refractivity contribution in [1.29, 1.82) is 0 Å². The van der Waals surface area contributed by atoms with Gasteiger partial charge in [0, 0.05) is 13.2 Å². The number of hydrogen-bond acceptors (Lipinski definition) is 2. The van der Waals surface area contributed by atoms with Crippen LogP contribution in [0.2, 0.25) is 5.02 Å². The summed E-state index contributed by atoms with van der Waals surface area (Å²) in [5.74, 6) is -0.253.